The van der Waals surface area contributed by atoms with E-state index < -0.39 is 12.1 Å². The first-order valence-electron chi connectivity index (χ1n) is 10.8. The molecule has 0 aliphatic carbocycles. The standard InChI is InChI=1S/C23H25F2N5O3/c24-16-3-1-15(2-4-16)21-13-30(29-28-21)12-11-19-9-10-20(22(14-31)33-19)27-23(32)26-18-7-5-17(25)6-8-18/h1-8,13,19-20,22,31H,9-12,14H2,(H2,26,27,32)/t19-,20-,22+/m0/s1. The summed E-state index contributed by atoms with van der Waals surface area (Å²) >= 11 is 0. The van der Waals surface area contributed by atoms with Crippen molar-refractivity contribution in [2.75, 3.05) is 11.9 Å². The number of nitrogens with one attached hydrogen (secondary N) is 2. The van der Waals surface area contributed by atoms with E-state index in [1.807, 2.05) is 0 Å². The molecule has 1 fully saturated rings. The molecule has 2 heterocycles. The van der Waals surface area contributed by atoms with Crippen LogP contribution in [0.25, 0.3) is 11.3 Å². The highest BCUT2D eigenvalue weighted by molar-refractivity contribution is 5.89. The molecule has 4 rings (SSSR count). The molecule has 3 N–H and O–H groups in total. The van der Waals surface area contributed by atoms with Gasteiger partial charge in [-0.2, -0.15) is 0 Å². The number of nitrogens with zero attached hydrogens (tertiary/aromatic N) is 3. The van der Waals surface area contributed by atoms with Gasteiger partial charge in [0.2, 0.25) is 0 Å². The van der Waals surface area contributed by atoms with Crippen molar-refractivity contribution in [3.8, 4) is 11.3 Å². The largest absolute Gasteiger partial charge is 0.394 e. The molecule has 0 bridgehead atoms. The molecule has 1 aliphatic rings. The number of aliphatic hydroxyl groups is 1. The fraction of sp³-hybridized carbons (Fsp3) is 0.348. The lowest BCUT2D eigenvalue weighted by Crippen LogP contribution is -2.52. The molecule has 0 saturated carbocycles. The van der Waals surface area contributed by atoms with Crippen molar-refractivity contribution < 1.29 is 23.4 Å². The number of ether oxygens (including phenoxy) is 1. The maximum absolute atomic E-state index is 13.1. The average Bonchev–Trinajstić information content (AvgIpc) is 3.29. The van der Waals surface area contributed by atoms with Crippen LogP contribution in [0.5, 0.6) is 0 Å². The molecule has 3 aromatic rings. The first-order valence-corrected chi connectivity index (χ1v) is 10.8. The van der Waals surface area contributed by atoms with Crippen LogP contribution in [0.4, 0.5) is 19.3 Å². The lowest BCUT2D eigenvalue weighted by atomic mass is 9.97. The van der Waals surface area contributed by atoms with Gasteiger partial charge < -0.3 is 20.5 Å². The summed E-state index contributed by atoms with van der Waals surface area (Å²) in [6.45, 7) is 0.343. The Kier molecular flexibility index (Phi) is 7.26. The number of benzene rings is 2. The summed E-state index contributed by atoms with van der Waals surface area (Å²) in [5.74, 6) is -0.689. The van der Waals surface area contributed by atoms with Crippen LogP contribution < -0.4 is 10.6 Å². The quantitative estimate of drug-likeness (QED) is 0.505. The van der Waals surface area contributed by atoms with Gasteiger partial charge in [0.25, 0.3) is 0 Å². The van der Waals surface area contributed by atoms with E-state index in [1.165, 1.54) is 36.4 Å². The summed E-state index contributed by atoms with van der Waals surface area (Å²) in [6, 6.07) is 10.7. The van der Waals surface area contributed by atoms with E-state index in [-0.39, 0.29) is 30.4 Å². The number of urea groups is 1. The highest BCUT2D eigenvalue weighted by atomic mass is 19.1. The van der Waals surface area contributed by atoms with Gasteiger partial charge in [0, 0.05) is 17.8 Å². The normalized spacial score (nSPS) is 20.4. The van der Waals surface area contributed by atoms with Crippen LogP contribution in [0.15, 0.2) is 54.7 Å². The minimum Gasteiger partial charge on any atom is -0.394 e. The molecule has 0 radical (unpaired) electrons. The summed E-state index contributed by atoms with van der Waals surface area (Å²) < 4.78 is 33.8. The Hall–Kier alpha value is -3.37. The second-order valence-corrected chi connectivity index (χ2v) is 7.93. The van der Waals surface area contributed by atoms with E-state index in [0.29, 0.717) is 37.2 Å². The summed E-state index contributed by atoms with van der Waals surface area (Å²) in [5, 5.41) is 23.5. The molecule has 1 saturated heterocycles. The predicted molar refractivity (Wildman–Crippen MR) is 117 cm³/mol. The van der Waals surface area contributed by atoms with Crippen molar-refractivity contribution in [2.45, 2.75) is 44.1 Å². The topological polar surface area (TPSA) is 101 Å². The Morgan fingerprint density at radius 1 is 1.09 bits per heavy atom. The van der Waals surface area contributed by atoms with Gasteiger partial charge in [-0.1, -0.05) is 5.21 Å². The van der Waals surface area contributed by atoms with E-state index in [1.54, 1.807) is 23.0 Å². The number of aryl methyl sites for hydroxylation is 1. The molecule has 1 aromatic heterocycles. The molecule has 2 amide bonds. The summed E-state index contributed by atoms with van der Waals surface area (Å²) in [5.41, 5.74) is 1.91. The molecule has 0 spiro atoms. The van der Waals surface area contributed by atoms with Crippen LogP contribution >= 0.6 is 0 Å². The smallest absolute Gasteiger partial charge is 0.319 e. The van der Waals surface area contributed by atoms with Crippen LogP contribution in [-0.4, -0.2) is 51.0 Å². The summed E-state index contributed by atoms with van der Waals surface area (Å²) in [4.78, 5) is 12.3. The van der Waals surface area contributed by atoms with Gasteiger partial charge in [0.1, 0.15) is 23.4 Å². The van der Waals surface area contributed by atoms with E-state index in [9.17, 15) is 18.7 Å². The molecule has 10 heteroatoms. The van der Waals surface area contributed by atoms with E-state index in [0.717, 1.165) is 5.56 Å². The van der Waals surface area contributed by atoms with Crippen LogP contribution in [0, 0.1) is 11.6 Å². The van der Waals surface area contributed by atoms with Crippen molar-refractivity contribution in [3.63, 3.8) is 0 Å². The Balaban J connectivity index is 1.26. The number of rotatable bonds is 7. The molecular formula is C23H25F2N5O3. The van der Waals surface area contributed by atoms with E-state index >= 15 is 0 Å². The number of halogens is 2. The molecule has 33 heavy (non-hydrogen) atoms. The highest BCUT2D eigenvalue weighted by Crippen LogP contribution is 2.23. The molecule has 8 nitrogen and oxygen atoms in total. The molecule has 174 valence electrons. The summed E-state index contributed by atoms with van der Waals surface area (Å²) in [7, 11) is 0. The number of amides is 2. The van der Waals surface area contributed by atoms with Gasteiger partial charge in [0.15, 0.2) is 0 Å². The number of hydrogen-bond acceptors (Lipinski definition) is 5. The van der Waals surface area contributed by atoms with Gasteiger partial charge >= 0.3 is 6.03 Å². The predicted octanol–water partition coefficient (Wildman–Crippen LogP) is 3.34. The lowest BCUT2D eigenvalue weighted by Gasteiger charge is -2.36. The third-order valence-electron chi connectivity index (χ3n) is 5.57. The van der Waals surface area contributed by atoms with Gasteiger partial charge in [-0.15, -0.1) is 5.10 Å². The SMILES string of the molecule is O=C(Nc1ccc(F)cc1)N[C@H]1CC[C@@H](CCn2cc(-c3ccc(F)cc3)nn2)O[C@@H]1CO. The number of aliphatic hydroxyl groups excluding tert-OH is 1. The van der Waals surface area contributed by atoms with Crippen LogP contribution in [0.2, 0.25) is 0 Å². The third kappa shape index (κ3) is 6.11. The Morgan fingerprint density at radius 2 is 1.79 bits per heavy atom. The maximum atomic E-state index is 13.1. The Morgan fingerprint density at radius 3 is 2.48 bits per heavy atom. The Labute approximate surface area is 189 Å². The summed E-state index contributed by atoms with van der Waals surface area (Å²) in [6.07, 6.45) is 3.18. The van der Waals surface area contributed by atoms with Crippen molar-refractivity contribution >= 4 is 11.7 Å². The molecule has 1 aliphatic heterocycles. The fourth-order valence-corrected chi connectivity index (χ4v) is 3.81. The molecule has 3 atom stereocenters. The van der Waals surface area contributed by atoms with Gasteiger partial charge in [-0.25, -0.2) is 13.6 Å². The Bertz CT molecular complexity index is 1060. The third-order valence-corrected chi connectivity index (χ3v) is 5.57. The van der Waals surface area contributed by atoms with E-state index in [2.05, 4.69) is 20.9 Å². The lowest BCUT2D eigenvalue weighted by molar-refractivity contribution is -0.0905. The van der Waals surface area contributed by atoms with Crippen LogP contribution in [-0.2, 0) is 11.3 Å². The van der Waals surface area contributed by atoms with Crippen molar-refractivity contribution in [1.82, 2.24) is 20.3 Å². The number of anilines is 1. The zero-order valence-electron chi connectivity index (χ0n) is 17.8. The molecule has 2 aromatic carbocycles. The zero-order valence-corrected chi connectivity index (χ0v) is 17.8. The van der Waals surface area contributed by atoms with Gasteiger partial charge in [-0.3, -0.25) is 4.68 Å². The minimum atomic E-state index is -0.534. The van der Waals surface area contributed by atoms with Crippen LogP contribution in [0.3, 0.4) is 0 Å². The zero-order chi connectivity index (χ0) is 23.2. The van der Waals surface area contributed by atoms with Gasteiger partial charge in [0.05, 0.1) is 24.9 Å². The van der Waals surface area contributed by atoms with Crippen molar-refractivity contribution in [3.05, 3.63) is 66.4 Å². The first-order chi connectivity index (χ1) is 16.0. The fourth-order valence-electron chi connectivity index (χ4n) is 3.81. The molecular weight excluding hydrogens is 432 g/mol. The van der Waals surface area contributed by atoms with Crippen LogP contribution in [0.1, 0.15) is 19.3 Å². The van der Waals surface area contributed by atoms with Crippen molar-refractivity contribution in [1.29, 1.82) is 0 Å². The second-order valence-electron chi connectivity index (χ2n) is 7.93. The van der Waals surface area contributed by atoms with Crippen molar-refractivity contribution in [2.24, 2.45) is 0 Å². The average molecular weight is 457 g/mol. The second kappa shape index (κ2) is 10.5. The minimum absolute atomic E-state index is 0.0983. The highest BCUT2D eigenvalue weighted by Gasteiger charge is 2.31. The number of aromatic nitrogens is 3. The van der Waals surface area contributed by atoms with E-state index in [4.69, 9.17) is 4.74 Å². The number of carbonyl (C=O) groups excluding carboxylic acids is 1. The maximum Gasteiger partial charge on any atom is 0.319 e. The number of hydrogen-bond donors (Lipinski definition) is 3. The molecule has 0 unspecified atom stereocenters. The van der Waals surface area contributed by atoms with Gasteiger partial charge in [-0.05, 0) is 67.8 Å². The first kappa shape index (κ1) is 22.8. The monoisotopic (exact) mass is 457 g/mol. The number of carbonyl (C=O) groups is 1.